The molecule has 96 valence electrons. The fraction of sp³-hybridized carbons (Fsp3) is 0.455. The SMILES string of the molecule is O=C(O)[C@@H]1CCCCN1C(=O)c1ccc(Cl)nn1. The molecule has 2 rings (SSSR count). The Morgan fingerprint density at radius 1 is 1.33 bits per heavy atom. The highest BCUT2D eigenvalue weighted by molar-refractivity contribution is 6.29. The number of piperidine rings is 1. The third kappa shape index (κ3) is 2.59. The molecule has 0 unspecified atom stereocenters. The number of carbonyl (C=O) groups is 2. The summed E-state index contributed by atoms with van der Waals surface area (Å²) in [5.74, 6) is -1.39. The van der Waals surface area contributed by atoms with E-state index in [0.717, 1.165) is 12.8 Å². The van der Waals surface area contributed by atoms with Crippen LogP contribution in [0.5, 0.6) is 0 Å². The molecule has 1 aromatic rings. The number of carboxylic acids is 1. The third-order valence-electron chi connectivity index (χ3n) is 2.90. The summed E-state index contributed by atoms with van der Waals surface area (Å²) in [7, 11) is 0. The summed E-state index contributed by atoms with van der Waals surface area (Å²) in [6.45, 7) is 0.431. The Balaban J connectivity index is 2.20. The van der Waals surface area contributed by atoms with Gasteiger partial charge in [0.1, 0.15) is 6.04 Å². The zero-order valence-corrected chi connectivity index (χ0v) is 10.3. The Bertz CT molecular complexity index is 463. The lowest BCUT2D eigenvalue weighted by atomic mass is 10.0. The second kappa shape index (κ2) is 5.30. The number of halogens is 1. The molecule has 7 heteroatoms. The Morgan fingerprint density at radius 3 is 2.72 bits per heavy atom. The van der Waals surface area contributed by atoms with Gasteiger partial charge in [-0.3, -0.25) is 4.79 Å². The van der Waals surface area contributed by atoms with E-state index >= 15 is 0 Å². The van der Waals surface area contributed by atoms with E-state index in [1.807, 2.05) is 0 Å². The van der Waals surface area contributed by atoms with Crippen molar-refractivity contribution in [2.45, 2.75) is 25.3 Å². The predicted octanol–water partition coefficient (Wildman–Crippen LogP) is 1.21. The van der Waals surface area contributed by atoms with Gasteiger partial charge in [0.15, 0.2) is 10.8 Å². The largest absolute Gasteiger partial charge is 0.480 e. The van der Waals surface area contributed by atoms with Crippen LogP contribution in [0.1, 0.15) is 29.8 Å². The smallest absolute Gasteiger partial charge is 0.326 e. The molecule has 0 bridgehead atoms. The Morgan fingerprint density at radius 2 is 2.11 bits per heavy atom. The quantitative estimate of drug-likeness (QED) is 0.872. The van der Waals surface area contributed by atoms with E-state index in [2.05, 4.69) is 10.2 Å². The van der Waals surface area contributed by atoms with Crippen molar-refractivity contribution < 1.29 is 14.7 Å². The van der Waals surface area contributed by atoms with Gasteiger partial charge in [-0.05, 0) is 31.4 Å². The van der Waals surface area contributed by atoms with Crippen LogP contribution in [0.25, 0.3) is 0 Å². The molecule has 0 aliphatic carbocycles. The van der Waals surface area contributed by atoms with Gasteiger partial charge in [0.25, 0.3) is 5.91 Å². The van der Waals surface area contributed by atoms with Gasteiger partial charge >= 0.3 is 5.97 Å². The molecule has 1 amide bonds. The van der Waals surface area contributed by atoms with Crippen LogP contribution in [0.3, 0.4) is 0 Å². The molecule has 1 aliphatic heterocycles. The average Bonchev–Trinajstić information content (AvgIpc) is 2.39. The van der Waals surface area contributed by atoms with Crippen LogP contribution in [-0.2, 0) is 4.79 Å². The number of aliphatic carboxylic acids is 1. The molecule has 18 heavy (non-hydrogen) atoms. The summed E-state index contributed by atoms with van der Waals surface area (Å²) in [6.07, 6.45) is 2.09. The standard InChI is InChI=1S/C11H12ClN3O3/c12-9-5-4-7(13-14-9)10(16)15-6-2-1-3-8(15)11(17)18/h4-5,8H,1-3,6H2,(H,17,18)/t8-/m0/s1. The van der Waals surface area contributed by atoms with Gasteiger partial charge in [-0.15, -0.1) is 10.2 Å². The van der Waals surface area contributed by atoms with E-state index in [0.29, 0.717) is 13.0 Å². The second-order valence-electron chi connectivity index (χ2n) is 4.09. The van der Waals surface area contributed by atoms with Crippen LogP contribution in [0, 0.1) is 0 Å². The molecule has 2 heterocycles. The number of carbonyl (C=O) groups excluding carboxylic acids is 1. The van der Waals surface area contributed by atoms with Crippen molar-refractivity contribution in [2.24, 2.45) is 0 Å². The van der Waals surface area contributed by atoms with Gasteiger partial charge in [-0.2, -0.15) is 0 Å². The van der Waals surface area contributed by atoms with Crippen molar-refractivity contribution in [1.29, 1.82) is 0 Å². The minimum Gasteiger partial charge on any atom is -0.480 e. The molecule has 1 saturated heterocycles. The summed E-state index contributed by atoms with van der Waals surface area (Å²) in [5, 5.41) is 16.6. The van der Waals surface area contributed by atoms with Crippen molar-refractivity contribution in [3.05, 3.63) is 23.0 Å². The van der Waals surface area contributed by atoms with E-state index in [1.165, 1.54) is 17.0 Å². The summed E-state index contributed by atoms with van der Waals surface area (Å²) in [4.78, 5) is 24.6. The molecular weight excluding hydrogens is 258 g/mol. The number of rotatable bonds is 2. The van der Waals surface area contributed by atoms with E-state index in [1.54, 1.807) is 0 Å². The first-order valence-corrected chi connectivity index (χ1v) is 6.00. The van der Waals surface area contributed by atoms with Crippen molar-refractivity contribution in [3.8, 4) is 0 Å². The van der Waals surface area contributed by atoms with E-state index in [9.17, 15) is 9.59 Å². The molecule has 0 aromatic carbocycles. The molecule has 0 radical (unpaired) electrons. The minimum atomic E-state index is -0.982. The van der Waals surface area contributed by atoms with E-state index < -0.39 is 17.9 Å². The highest BCUT2D eigenvalue weighted by Gasteiger charge is 2.33. The van der Waals surface area contributed by atoms with Crippen LogP contribution in [-0.4, -0.2) is 44.7 Å². The molecule has 0 saturated carbocycles. The molecule has 1 aromatic heterocycles. The number of likely N-dealkylation sites (tertiary alicyclic amines) is 1. The van der Waals surface area contributed by atoms with Gasteiger partial charge in [-0.1, -0.05) is 11.6 Å². The Labute approximate surface area is 109 Å². The summed E-state index contributed by atoms with van der Waals surface area (Å²) >= 11 is 5.59. The summed E-state index contributed by atoms with van der Waals surface area (Å²) < 4.78 is 0. The topological polar surface area (TPSA) is 83.4 Å². The number of hydrogen-bond acceptors (Lipinski definition) is 4. The van der Waals surface area contributed by atoms with Crippen LogP contribution in [0.4, 0.5) is 0 Å². The van der Waals surface area contributed by atoms with Crippen LogP contribution >= 0.6 is 11.6 Å². The summed E-state index contributed by atoms with van der Waals surface area (Å²) in [6, 6.07) is 2.14. The van der Waals surface area contributed by atoms with Gasteiger partial charge in [-0.25, -0.2) is 4.79 Å². The normalized spacial score (nSPS) is 19.6. The second-order valence-corrected chi connectivity index (χ2v) is 4.48. The van der Waals surface area contributed by atoms with Crippen molar-refractivity contribution in [2.75, 3.05) is 6.54 Å². The molecule has 1 N–H and O–H groups in total. The highest BCUT2D eigenvalue weighted by Crippen LogP contribution is 2.19. The first kappa shape index (κ1) is 12.8. The average molecular weight is 270 g/mol. The van der Waals surface area contributed by atoms with Crippen molar-refractivity contribution in [3.63, 3.8) is 0 Å². The van der Waals surface area contributed by atoms with Gasteiger partial charge in [0.2, 0.25) is 0 Å². The lowest BCUT2D eigenvalue weighted by Gasteiger charge is -2.32. The zero-order valence-electron chi connectivity index (χ0n) is 9.54. The molecule has 0 spiro atoms. The van der Waals surface area contributed by atoms with Gasteiger partial charge in [0.05, 0.1) is 0 Å². The maximum Gasteiger partial charge on any atom is 0.326 e. The van der Waals surface area contributed by atoms with E-state index in [-0.39, 0.29) is 10.8 Å². The molecule has 1 fully saturated rings. The molecule has 6 nitrogen and oxygen atoms in total. The maximum atomic E-state index is 12.1. The van der Waals surface area contributed by atoms with E-state index in [4.69, 9.17) is 16.7 Å². The van der Waals surface area contributed by atoms with Crippen molar-refractivity contribution >= 4 is 23.5 Å². The number of hydrogen-bond donors (Lipinski definition) is 1. The number of nitrogens with zero attached hydrogens (tertiary/aromatic N) is 3. The summed E-state index contributed by atoms with van der Waals surface area (Å²) in [5.41, 5.74) is 0.118. The fourth-order valence-electron chi connectivity index (χ4n) is 2.01. The van der Waals surface area contributed by atoms with Gasteiger partial charge < -0.3 is 10.0 Å². The maximum absolute atomic E-state index is 12.1. The van der Waals surface area contributed by atoms with Crippen molar-refractivity contribution in [1.82, 2.24) is 15.1 Å². The molecule has 1 atom stereocenters. The van der Waals surface area contributed by atoms with Crippen LogP contribution in [0.15, 0.2) is 12.1 Å². The zero-order chi connectivity index (χ0) is 13.1. The lowest BCUT2D eigenvalue weighted by Crippen LogP contribution is -2.48. The highest BCUT2D eigenvalue weighted by atomic mass is 35.5. The minimum absolute atomic E-state index is 0.118. The van der Waals surface area contributed by atoms with Crippen LogP contribution in [0.2, 0.25) is 5.15 Å². The third-order valence-corrected chi connectivity index (χ3v) is 3.10. The fourth-order valence-corrected chi connectivity index (χ4v) is 2.11. The predicted molar refractivity (Wildman–Crippen MR) is 63.4 cm³/mol. The monoisotopic (exact) mass is 269 g/mol. The number of amides is 1. The Hall–Kier alpha value is -1.69. The molecular formula is C11H12ClN3O3. The van der Waals surface area contributed by atoms with Crippen LogP contribution < -0.4 is 0 Å². The Kier molecular flexibility index (Phi) is 3.76. The number of carboxylic acid groups (broad SMARTS) is 1. The lowest BCUT2D eigenvalue weighted by molar-refractivity contribution is -0.143. The molecule has 1 aliphatic rings. The first-order valence-electron chi connectivity index (χ1n) is 5.62. The number of aromatic nitrogens is 2. The first-order chi connectivity index (χ1) is 8.59. The van der Waals surface area contributed by atoms with Gasteiger partial charge in [0, 0.05) is 6.54 Å².